The van der Waals surface area contributed by atoms with Crippen LogP contribution in [0.15, 0.2) is 22.7 Å². The standard InChI is InChI=1S/C11H13BrClNO3S/c12-9-5-8(1-2-10(9)13)14-11(6-15)3-4-18(16,17)7-11/h1-2,5,14-15H,3-4,6-7H2. The average molecular weight is 355 g/mol. The van der Waals surface area contributed by atoms with E-state index in [1.807, 2.05) is 0 Å². The van der Waals surface area contributed by atoms with Crippen LogP contribution in [0.5, 0.6) is 0 Å². The van der Waals surface area contributed by atoms with Gasteiger partial charge in [-0.25, -0.2) is 8.42 Å². The molecule has 1 unspecified atom stereocenters. The molecule has 1 fully saturated rings. The average Bonchev–Trinajstić information content (AvgIpc) is 2.60. The second kappa shape index (κ2) is 5.00. The number of sulfone groups is 1. The minimum atomic E-state index is -3.06. The maximum absolute atomic E-state index is 11.5. The number of hydrogen-bond donors (Lipinski definition) is 2. The molecule has 0 aromatic heterocycles. The number of aliphatic hydroxyl groups excluding tert-OH is 1. The molecule has 0 radical (unpaired) electrons. The fourth-order valence-corrected chi connectivity index (χ4v) is 4.55. The normalized spacial score (nSPS) is 26.2. The summed E-state index contributed by atoms with van der Waals surface area (Å²) in [4.78, 5) is 0. The molecular weight excluding hydrogens is 342 g/mol. The fourth-order valence-electron chi connectivity index (χ4n) is 2.06. The zero-order valence-electron chi connectivity index (χ0n) is 9.49. The Morgan fingerprint density at radius 2 is 2.22 bits per heavy atom. The Morgan fingerprint density at radius 1 is 1.50 bits per heavy atom. The third-order valence-corrected chi connectivity index (χ3v) is 6.05. The summed E-state index contributed by atoms with van der Waals surface area (Å²) in [5.41, 5.74) is -0.0519. The van der Waals surface area contributed by atoms with E-state index in [0.717, 1.165) is 10.2 Å². The molecular formula is C11H13BrClNO3S. The lowest BCUT2D eigenvalue weighted by molar-refractivity contribution is 0.226. The number of rotatable bonds is 3. The predicted octanol–water partition coefficient (Wildman–Crippen LogP) is 2.06. The summed E-state index contributed by atoms with van der Waals surface area (Å²) in [5, 5.41) is 13.2. The summed E-state index contributed by atoms with van der Waals surface area (Å²) in [6, 6.07) is 5.24. The summed E-state index contributed by atoms with van der Waals surface area (Å²) in [7, 11) is -3.06. The molecule has 0 aliphatic carbocycles. The van der Waals surface area contributed by atoms with E-state index >= 15 is 0 Å². The van der Waals surface area contributed by atoms with Crippen LogP contribution in [0, 0.1) is 0 Å². The fraction of sp³-hybridized carbons (Fsp3) is 0.455. The first-order valence-corrected chi connectivity index (χ1v) is 8.40. The van der Waals surface area contributed by atoms with Gasteiger partial charge in [-0.05, 0) is 40.5 Å². The van der Waals surface area contributed by atoms with E-state index in [1.165, 1.54) is 0 Å². The highest BCUT2D eigenvalue weighted by Crippen LogP contribution is 2.31. The molecule has 1 aromatic carbocycles. The Kier molecular flexibility index (Phi) is 3.92. The Hall–Kier alpha value is -0.300. The van der Waals surface area contributed by atoms with Crippen molar-refractivity contribution in [1.82, 2.24) is 0 Å². The van der Waals surface area contributed by atoms with Crippen molar-refractivity contribution in [2.45, 2.75) is 12.0 Å². The lowest BCUT2D eigenvalue weighted by atomic mass is 10.00. The molecule has 7 heteroatoms. The van der Waals surface area contributed by atoms with Gasteiger partial charge in [-0.1, -0.05) is 11.6 Å². The van der Waals surface area contributed by atoms with Crippen molar-refractivity contribution in [1.29, 1.82) is 0 Å². The number of nitrogens with one attached hydrogen (secondary N) is 1. The van der Waals surface area contributed by atoms with E-state index < -0.39 is 15.4 Å². The SMILES string of the molecule is O=S1(=O)CCC(CO)(Nc2ccc(Cl)c(Br)c2)C1. The van der Waals surface area contributed by atoms with Crippen LogP contribution in [-0.4, -0.2) is 37.2 Å². The minimum absolute atomic E-state index is 0.0449. The Labute approximate surface area is 119 Å². The molecule has 100 valence electrons. The topological polar surface area (TPSA) is 66.4 Å². The quantitative estimate of drug-likeness (QED) is 0.872. The van der Waals surface area contributed by atoms with Crippen LogP contribution >= 0.6 is 27.5 Å². The summed E-state index contributed by atoms with van der Waals surface area (Å²) < 4.78 is 23.8. The number of benzene rings is 1. The molecule has 1 aliphatic rings. The van der Waals surface area contributed by atoms with Gasteiger partial charge in [0.05, 0.1) is 28.7 Å². The van der Waals surface area contributed by atoms with Crippen LogP contribution in [0.3, 0.4) is 0 Å². The third kappa shape index (κ3) is 2.99. The van der Waals surface area contributed by atoms with Crippen LogP contribution in [0.2, 0.25) is 5.02 Å². The number of hydrogen-bond acceptors (Lipinski definition) is 4. The van der Waals surface area contributed by atoms with Gasteiger partial charge in [-0.2, -0.15) is 0 Å². The van der Waals surface area contributed by atoms with Gasteiger partial charge < -0.3 is 10.4 Å². The molecule has 0 spiro atoms. The van der Waals surface area contributed by atoms with Crippen LogP contribution in [0.1, 0.15) is 6.42 Å². The van der Waals surface area contributed by atoms with Gasteiger partial charge in [0.1, 0.15) is 0 Å². The van der Waals surface area contributed by atoms with Crippen LogP contribution in [0.4, 0.5) is 5.69 Å². The van der Waals surface area contributed by atoms with Crippen LogP contribution in [0.25, 0.3) is 0 Å². The summed E-state index contributed by atoms with van der Waals surface area (Å²) in [5.74, 6) is 0.0616. The van der Waals surface area contributed by atoms with Crippen molar-refractivity contribution in [2.24, 2.45) is 0 Å². The smallest absolute Gasteiger partial charge is 0.152 e. The maximum Gasteiger partial charge on any atom is 0.152 e. The van der Waals surface area contributed by atoms with E-state index in [1.54, 1.807) is 18.2 Å². The molecule has 1 saturated heterocycles. The molecule has 1 heterocycles. The van der Waals surface area contributed by atoms with Gasteiger partial charge in [-0.3, -0.25) is 0 Å². The zero-order chi connectivity index (χ0) is 13.4. The molecule has 18 heavy (non-hydrogen) atoms. The highest BCUT2D eigenvalue weighted by Gasteiger charge is 2.41. The lowest BCUT2D eigenvalue weighted by Crippen LogP contribution is -2.43. The molecule has 1 atom stereocenters. The summed E-state index contributed by atoms with van der Waals surface area (Å²) in [6.07, 6.45) is 0.409. The van der Waals surface area contributed by atoms with E-state index in [0.29, 0.717) is 11.4 Å². The van der Waals surface area contributed by atoms with Crippen molar-refractivity contribution in [3.05, 3.63) is 27.7 Å². The molecule has 1 aliphatic heterocycles. The molecule has 4 nitrogen and oxygen atoms in total. The second-order valence-electron chi connectivity index (χ2n) is 4.53. The molecule has 0 saturated carbocycles. The van der Waals surface area contributed by atoms with Crippen molar-refractivity contribution in [3.63, 3.8) is 0 Å². The largest absolute Gasteiger partial charge is 0.394 e. The highest BCUT2D eigenvalue weighted by atomic mass is 79.9. The zero-order valence-corrected chi connectivity index (χ0v) is 12.6. The van der Waals surface area contributed by atoms with E-state index in [9.17, 15) is 13.5 Å². The molecule has 0 bridgehead atoms. The molecule has 2 rings (SSSR count). The monoisotopic (exact) mass is 353 g/mol. The summed E-state index contributed by atoms with van der Waals surface area (Å²) >= 11 is 9.20. The van der Waals surface area contributed by atoms with E-state index in [-0.39, 0.29) is 18.1 Å². The number of aliphatic hydroxyl groups is 1. The lowest BCUT2D eigenvalue weighted by Gasteiger charge is -2.28. The van der Waals surface area contributed by atoms with E-state index in [2.05, 4.69) is 21.2 Å². The van der Waals surface area contributed by atoms with Gasteiger partial charge in [0.2, 0.25) is 0 Å². The first-order chi connectivity index (χ1) is 8.36. The van der Waals surface area contributed by atoms with Gasteiger partial charge >= 0.3 is 0 Å². The van der Waals surface area contributed by atoms with Crippen molar-refractivity contribution >= 4 is 43.1 Å². The first-order valence-electron chi connectivity index (χ1n) is 5.40. The number of halogens is 2. The van der Waals surface area contributed by atoms with Crippen molar-refractivity contribution in [3.8, 4) is 0 Å². The van der Waals surface area contributed by atoms with Gasteiger partial charge in [0, 0.05) is 10.2 Å². The molecule has 2 N–H and O–H groups in total. The van der Waals surface area contributed by atoms with Crippen molar-refractivity contribution in [2.75, 3.05) is 23.4 Å². The van der Waals surface area contributed by atoms with Gasteiger partial charge in [0.15, 0.2) is 9.84 Å². The van der Waals surface area contributed by atoms with Crippen LogP contribution in [-0.2, 0) is 9.84 Å². The molecule has 1 aromatic rings. The molecule has 0 amide bonds. The Morgan fingerprint density at radius 3 is 2.72 bits per heavy atom. The van der Waals surface area contributed by atoms with Gasteiger partial charge in [-0.15, -0.1) is 0 Å². The third-order valence-electron chi connectivity index (χ3n) is 3.02. The number of anilines is 1. The first kappa shape index (κ1) is 14.1. The van der Waals surface area contributed by atoms with Crippen molar-refractivity contribution < 1.29 is 13.5 Å². The Balaban J connectivity index is 2.23. The van der Waals surface area contributed by atoms with Gasteiger partial charge in [0.25, 0.3) is 0 Å². The Bertz CT molecular complexity index is 563. The summed E-state index contributed by atoms with van der Waals surface area (Å²) in [6.45, 7) is -0.216. The minimum Gasteiger partial charge on any atom is -0.394 e. The van der Waals surface area contributed by atoms with Crippen LogP contribution < -0.4 is 5.32 Å². The second-order valence-corrected chi connectivity index (χ2v) is 7.98. The highest BCUT2D eigenvalue weighted by molar-refractivity contribution is 9.10. The van der Waals surface area contributed by atoms with E-state index in [4.69, 9.17) is 11.6 Å². The predicted molar refractivity (Wildman–Crippen MR) is 75.9 cm³/mol. The maximum atomic E-state index is 11.5.